The molecule has 102 valence electrons. The van der Waals surface area contributed by atoms with E-state index in [1.807, 2.05) is 13.0 Å². The summed E-state index contributed by atoms with van der Waals surface area (Å²) in [6.45, 7) is 6.44. The van der Waals surface area contributed by atoms with Crippen molar-refractivity contribution >= 4 is 0 Å². The Labute approximate surface area is 111 Å². The van der Waals surface area contributed by atoms with Crippen LogP contribution in [0.15, 0.2) is 30.3 Å². The lowest BCUT2D eigenvalue weighted by Crippen LogP contribution is -2.43. The molecule has 0 saturated heterocycles. The highest BCUT2D eigenvalue weighted by Crippen LogP contribution is 2.23. The third-order valence-corrected chi connectivity index (χ3v) is 3.47. The molecule has 18 heavy (non-hydrogen) atoms. The summed E-state index contributed by atoms with van der Waals surface area (Å²) >= 11 is 0. The molecule has 3 N–H and O–H groups in total. The summed E-state index contributed by atoms with van der Waals surface area (Å²) in [6, 6.07) is 10.4. The minimum Gasteiger partial charge on any atom is -0.393 e. The number of benzene rings is 1. The number of hydrogen-bond acceptors (Lipinski definition) is 3. The first-order chi connectivity index (χ1) is 8.48. The molecule has 0 aliphatic heterocycles. The van der Waals surface area contributed by atoms with E-state index in [0.717, 1.165) is 19.5 Å². The van der Waals surface area contributed by atoms with Gasteiger partial charge in [0.2, 0.25) is 0 Å². The van der Waals surface area contributed by atoms with Gasteiger partial charge in [0, 0.05) is 25.0 Å². The smallest absolute Gasteiger partial charge is 0.0524 e. The summed E-state index contributed by atoms with van der Waals surface area (Å²) in [5.74, 6) is 0. The highest BCUT2D eigenvalue weighted by atomic mass is 16.3. The predicted octanol–water partition coefficient (Wildman–Crippen LogP) is 1.61. The molecule has 0 saturated carbocycles. The topological polar surface area (TPSA) is 49.5 Å². The van der Waals surface area contributed by atoms with E-state index in [4.69, 9.17) is 5.73 Å². The van der Waals surface area contributed by atoms with E-state index < -0.39 is 0 Å². The molecule has 1 aromatic carbocycles. The zero-order valence-electron chi connectivity index (χ0n) is 11.8. The molecule has 0 aliphatic rings. The van der Waals surface area contributed by atoms with Crippen molar-refractivity contribution in [3.63, 3.8) is 0 Å². The van der Waals surface area contributed by atoms with E-state index in [9.17, 15) is 5.11 Å². The highest BCUT2D eigenvalue weighted by Gasteiger charge is 2.26. The first kappa shape index (κ1) is 15.2. The lowest BCUT2D eigenvalue weighted by atomic mass is 9.82. The average Bonchev–Trinajstić information content (AvgIpc) is 2.37. The van der Waals surface area contributed by atoms with Gasteiger partial charge in [-0.15, -0.1) is 0 Å². The highest BCUT2D eigenvalue weighted by molar-refractivity contribution is 5.25. The Bertz CT molecular complexity index is 340. The van der Waals surface area contributed by atoms with Gasteiger partial charge < -0.3 is 15.7 Å². The zero-order valence-corrected chi connectivity index (χ0v) is 11.8. The zero-order chi connectivity index (χ0) is 13.6. The maximum Gasteiger partial charge on any atom is 0.0524 e. The number of aliphatic hydroxyl groups is 1. The van der Waals surface area contributed by atoms with Gasteiger partial charge >= 0.3 is 0 Å². The fraction of sp³-hybridized carbons (Fsp3) is 0.600. The Morgan fingerprint density at radius 2 is 1.94 bits per heavy atom. The van der Waals surface area contributed by atoms with E-state index in [1.54, 1.807) is 0 Å². The summed E-state index contributed by atoms with van der Waals surface area (Å²) in [5, 5.41) is 9.32. The Kier molecular flexibility index (Phi) is 5.79. The first-order valence-electron chi connectivity index (χ1n) is 6.60. The summed E-state index contributed by atoms with van der Waals surface area (Å²) in [5.41, 5.74) is 7.21. The molecule has 0 fully saturated rings. The van der Waals surface area contributed by atoms with Crippen LogP contribution >= 0.6 is 0 Å². The van der Waals surface area contributed by atoms with Gasteiger partial charge in [-0.3, -0.25) is 0 Å². The van der Waals surface area contributed by atoms with Gasteiger partial charge in [0.05, 0.1) is 6.10 Å². The Balaban J connectivity index is 2.65. The van der Waals surface area contributed by atoms with Crippen LogP contribution in [-0.4, -0.2) is 42.8 Å². The molecule has 2 unspecified atom stereocenters. The number of aliphatic hydroxyl groups excluding tert-OH is 1. The van der Waals surface area contributed by atoms with E-state index in [-0.39, 0.29) is 11.5 Å². The number of rotatable bonds is 7. The molecule has 0 spiro atoms. The second-order valence-electron chi connectivity index (χ2n) is 5.51. The quantitative estimate of drug-likeness (QED) is 0.773. The van der Waals surface area contributed by atoms with E-state index in [2.05, 4.69) is 43.1 Å². The van der Waals surface area contributed by atoms with Crippen LogP contribution in [0.2, 0.25) is 0 Å². The lowest BCUT2D eigenvalue weighted by molar-refractivity contribution is 0.156. The molecule has 3 heteroatoms. The van der Waals surface area contributed by atoms with Crippen molar-refractivity contribution < 1.29 is 5.11 Å². The third-order valence-electron chi connectivity index (χ3n) is 3.47. The van der Waals surface area contributed by atoms with Gasteiger partial charge in [0.1, 0.15) is 0 Å². The van der Waals surface area contributed by atoms with Gasteiger partial charge in [0.15, 0.2) is 0 Å². The van der Waals surface area contributed by atoms with E-state index >= 15 is 0 Å². The van der Waals surface area contributed by atoms with Gasteiger partial charge in [-0.25, -0.2) is 0 Å². The lowest BCUT2D eigenvalue weighted by Gasteiger charge is -2.33. The third kappa shape index (κ3) is 4.41. The summed E-state index contributed by atoms with van der Waals surface area (Å²) in [6.07, 6.45) is 0.555. The molecular formula is C15H26N2O. The Morgan fingerprint density at radius 3 is 2.44 bits per heavy atom. The molecule has 0 aromatic heterocycles. The van der Waals surface area contributed by atoms with Crippen molar-refractivity contribution in [1.29, 1.82) is 0 Å². The standard InChI is InChI=1S/C15H26N2O/c1-13(18)9-10-17(3)12-15(2,11-16)14-7-5-4-6-8-14/h4-8,13,18H,9-12,16H2,1-3H3. The molecule has 0 heterocycles. The van der Waals surface area contributed by atoms with Crippen LogP contribution in [0.4, 0.5) is 0 Å². The van der Waals surface area contributed by atoms with Crippen LogP contribution in [0, 0.1) is 0 Å². The number of nitrogens with zero attached hydrogens (tertiary/aromatic N) is 1. The SMILES string of the molecule is CC(O)CCN(C)CC(C)(CN)c1ccccc1. The molecule has 0 amide bonds. The summed E-state index contributed by atoms with van der Waals surface area (Å²) in [7, 11) is 2.08. The maximum atomic E-state index is 9.32. The van der Waals surface area contributed by atoms with Crippen molar-refractivity contribution in [3.05, 3.63) is 35.9 Å². The second-order valence-corrected chi connectivity index (χ2v) is 5.51. The van der Waals surface area contributed by atoms with Crippen molar-refractivity contribution in [3.8, 4) is 0 Å². The Hall–Kier alpha value is -0.900. The van der Waals surface area contributed by atoms with Crippen molar-refractivity contribution in [2.45, 2.75) is 31.8 Å². The van der Waals surface area contributed by atoms with Gasteiger partial charge in [-0.05, 0) is 26.0 Å². The summed E-state index contributed by atoms with van der Waals surface area (Å²) in [4.78, 5) is 2.24. The van der Waals surface area contributed by atoms with Gasteiger partial charge in [-0.1, -0.05) is 37.3 Å². The van der Waals surface area contributed by atoms with Crippen LogP contribution < -0.4 is 5.73 Å². The molecule has 1 rings (SSSR count). The largest absolute Gasteiger partial charge is 0.393 e. The molecular weight excluding hydrogens is 224 g/mol. The average molecular weight is 250 g/mol. The number of nitrogens with two attached hydrogens (primary N) is 1. The number of likely N-dealkylation sites (N-methyl/N-ethyl adjacent to an activating group) is 1. The van der Waals surface area contributed by atoms with Crippen LogP contribution in [0.3, 0.4) is 0 Å². The maximum absolute atomic E-state index is 9.32. The normalized spacial score (nSPS) is 16.6. The fourth-order valence-electron chi connectivity index (χ4n) is 2.20. The molecule has 0 bridgehead atoms. The van der Waals surface area contributed by atoms with Gasteiger partial charge in [0.25, 0.3) is 0 Å². The van der Waals surface area contributed by atoms with Crippen LogP contribution in [-0.2, 0) is 5.41 Å². The van der Waals surface area contributed by atoms with Crippen molar-refractivity contribution in [1.82, 2.24) is 4.90 Å². The first-order valence-corrected chi connectivity index (χ1v) is 6.60. The van der Waals surface area contributed by atoms with Crippen molar-refractivity contribution in [2.75, 3.05) is 26.7 Å². The number of hydrogen-bond donors (Lipinski definition) is 2. The van der Waals surface area contributed by atoms with Crippen LogP contribution in [0.5, 0.6) is 0 Å². The minimum absolute atomic E-state index is 0.0330. The summed E-state index contributed by atoms with van der Waals surface area (Å²) < 4.78 is 0. The van der Waals surface area contributed by atoms with Crippen molar-refractivity contribution in [2.24, 2.45) is 5.73 Å². The second kappa shape index (κ2) is 6.88. The predicted molar refractivity (Wildman–Crippen MR) is 76.6 cm³/mol. The molecule has 0 aliphatic carbocycles. The van der Waals surface area contributed by atoms with Crippen LogP contribution in [0.25, 0.3) is 0 Å². The van der Waals surface area contributed by atoms with E-state index in [1.165, 1.54) is 5.56 Å². The fourth-order valence-corrected chi connectivity index (χ4v) is 2.20. The monoisotopic (exact) mass is 250 g/mol. The Morgan fingerprint density at radius 1 is 1.33 bits per heavy atom. The minimum atomic E-state index is -0.242. The molecule has 1 aromatic rings. The molecule has 0 radical (unpaired) electrons. The van der Waals surface area contributed by atoms with E-state index in [0.29, 0.717) is 6.54 Å². The molecule has 3 nitrogen and oxygen atoms in total. The van der Waals surface area contributed by atoms with Crippen LogP contribution in [0.1, 0.15) is 25.8 Å². The molecule has 2 atom stereocenters. The van der Waals surface area contributed by atoms with Gasteiger partial charge in [-0.2, -0.15) is 0 Å².